The number of nitrogens with zero attached hydrogens (tertiary/aromatic N) is 1. The van der Waals surface area contributed by atoms with Crippen molar-refractivity contribution >= 4 is 14.0 Å². The summed E-state index contributed by atoms with van der Waals surface area (Å²) in [4.78, 5) is 18.2. The number of hydrogen-bond donors (Lipinski definition) is 0. The molecule has 0 spiro atoms. The highest BCUT2D eigenvalue weighted by atomic mass is 31.1. The summed E-state index contributed by atoms with van der Waals surface area (Å²) in [6, 6.07) is 17.3. The predicted molar refractivity (Wildman–Crippen MR) is 133 cm³/mol. The average molecular weight is 480 g/mol. The molecular weight excluding hydrogens is 452 g/mol. The number of halogens is 1. The quantitative estimate of drug-likeness (QED) is 0.183. The van der Waals surface area contributed by atoms with E-state index in [1.807, 2.05) is 50.2 Å². The number of hydrogen-bond acceptors (Lipinski definition) is 5. The number of carbonyl (C=O) groups is 1. The summed E-state index contributed by atoms with van der Waals surface area (Å²) >= 11 is 0. The lowest BCUT2D eigenvalue weighted by Crippen LogP contribution is -2.36. The van der Waals surface area contributed by atoms with E-state index in [-0.39, 0.29) is 23.9 Å². The Balaban J connectivity index is 2.26. The number of carbonyl (C=O) groups excluding carboxylic acids is 1. The highest BCUT2D eigenvalue weighted by molar-refractivity contribution is 7.42. The van der Waals surface area contributed by atoms with Crippen molar-refractivity contribution < 1.29 is 23.0 Å². The highest BCUT2D eigenvalue weighted by Crippen LogP contribution is 2.46. The molecule has 1 aromatic heterocycles. The zero-order valence-corrected chi connectivity index (χ0v) is 20.6. The van der Waals surface area contributed by atoms with Crippen LogP contribution in [-0.4, -0.2) is 23.2 Å². The maximum absolute atomic E-state index is 13.7. The van der Waals surface area contributed by atoms with Crippen LogP contribution >= 0.6 is 8.03 Å². The third-order valence-corrected chi connectivity index (χ3v) is 7.39. The number of esters is 1. The summed E-state index contributed by atoms with van der Waals surface area (Å²) in [5.41, 5.74) is 3.29. The van der Waals surface area contributed by atoms with Gasteiger partial charge in [0.2, 0.25) is 0 Å². The van der Waals surface area contributed by atoms with Crippen LogP contribution in [0.2, 0.25) is 0 Å². The molecule has 0 bridgehead atoms. The minimum absolute atomic E-state index is 0.0385. The Morgan fingerprint density at radius 3 is 2.32 bits per heavy atom. The second kappa shape index (κ2) is 10.8. The van der Waals surface area contributed by atoms with Crippen LogP contribution < -0.4 is 4.74 Å². The molecule has 0 amide bonds. The molecule has 0 aliphatic heterocycles. The summed E-state index contributed by atoms with van der Waals surface area (Å²) in [6.07, 6.45) is 1.49. The highest BCUT2D eigenvalue weighted by Gasteiger charge is 2.56. The fraction of sp³-hybridized carbons (Fsp3) is 0.259. The molecule has 176 valence electrons. The van der Waals surface area contributed by atoms with Crippen molar-refractivity contribution in [1.29, 1.82) is 0 Å². The van der Waals surface area contributed by atoms with Gasteiger partial charge in [0.15, 0.2) is 5.75 Å². The van der Waals surface area contributed by atoms with E-state index >= 15 is 0 Å². The maximum Gasteiger partial charge on any atom is 0.530 e. The predicted octanol–water partition coefficient (Wildman–Crippen LogP) is 7.31. The summed E-state index contributed by atoms with van der Waals surface area (Å²) in [7, 11) is -1.13. The summed E-state index contributed by atoms with van der Waals surface area (Å²) in [5.74, 6) is -0.930. The molecule has 0 saturated heterocycles. The Morgan fingerprint density at radius 2 is 1.79 bits per heavy atom. The van der Waals surface area contributed by atoms with Crippen molar-refractivity contribution in [3.8, 4) is 28.3 Å². The molecule has 2 atom stereocenters. The molecule has 5 nitrogen and oxygen atoms in total. The van der Waals surface area contributed by atoms with Gasteiger partial charge in [0.05, 0.1) is 12.8 Å². The minimum Gasteiger partial charge on any atom is -0.420 e. The number of pyridine rings is 1. The summed E-state index contributed by atoms with van der Waals surface area (Å²) < 4.78 is 37.3. The van der Waals surface area contributed by atoms with Gasteiger partial charge in [-0.25, -0.2) is 14.2 Å². The van der Waals surface area contributed by atoms with Crippen molar-refractivity contribution in [1.82, 2.24) is 4.98 Å². The Labute approximate surface area is 200 Å². The van der Waals surface area contributed by atoms with E-state index < -0.39 is 19.2 Å². The lowest BCUT2D eigenvalue weighted by molar-refractivity contribution is -0.136. The molecule has 0 N–H and O–H groups in total. The van der Waals surface area contributed by atoms with E-state index in [9.17, 15) is 13.8 Å². The van der Waals surface area contributed by atoms with Gasteiger partial charge in [0, 0.05) is 23.1 Å². The topological polar surface area (TPSA) is 65.5 Å². The van der Waals surface area contributed by atoms with Gasteiger partial charge < -0.3 is 4.74 Å². The first kappa shape index (κ1) is 25.4. The number of rotatable bonds is 9. The van der Waals surface area contributed by atoms with Crippen molar-refractivity contribution in [3.05, 3.63) is 84.7 Å². The van der Waals surface area contributed by atoms with Gasteiger partial charge in [0.1, 0.15) is 11.5 Å². The number of aromatic nitrogens is 1. The zero-order chi connectivity index (χ0) is 24.9. The maximum atomic E-state index is 13.7. The van der Waals surface area contributed by atoms with Gasteiger partial charge in [-0.15, -0.1) is 4.52 Å². The monoisotopic (exact) mass is 480 g/mol. The van der Waals surface area contributed by atoms with E-state index in [1.165, 1.54) is 25.3 Å². The van der Waals surface area contributed by atoms with Crippen LogP contribution in [0.1, 0.15) is 38.7 Å². The fourth-order valence-electron chi connectivity index (χ4n) is 3.64. The standard InChI is InChI=1S/C27H28FNO4P/c1-6-27(7-2,34(31)32-5)26(30)33-25-22(18(3)4)17-23(19-11-9-8-10-12-19)29-24(25)20-13-15-21(28)16-14-20/h6,8-18H,1,7H2,2-5H3/q+1. The van der Waals surface area contributed by atoms with Crippen LogP contribution in [-0.2, 0) is 13.9 Å². The van der Waals surface area contributed by atoms with Crippen molar-refractivity contribution in [2.45, 2.75) is 38.3 Å². The van der Waals surface area contributed by atoms with Gasteiger partial charge in [-0.05, 0) is 46.9 Å². The van der Waals surface area contributed by atoms with Crippen LogP contribution in [0.5, 0.6) is 5.75 Å². The molecular formula is C27H28FNO4P+. The first-order valence-electron chi connectivity index (χ1n) is 11.0. The fourth-order valence-corrected chi connectivity index (χ4v) is 4.57. The smallest absolute Gasteiger partial charge is 0.420 e. The molecule has 3 rings (SSSR count). The Morgan fingerprint density at radius 1 is 1.15 bits per heavy atom. The summed E-state index contributed by atoms with van der Waals surface area (Å²) in [6.45, 7) is 9.39. The molecule has 1 heterocycles. The van der Waals surface area contributed by atoms with Crippen LogP contribution in [0.15, 0.2) is 73.3 Å². The van der Waals surface area contributed by atoms with Gasteiger partial charge in [0.25, 0.3) is 0 Å². The van der Waals surface area contributed by atoms with Crippen LogP contribution in [0.3, 0.4) is 0 Å². The first-order valence-corrected chi connectivity index (χ1v) is 12.2. The van der Waals surface area contributed by atoms with Gasteiger partial charge >= 0.3 is 19.2 Å². The Hall–Kier alpha value is -3.21. The molecule has 0 aliphatic rings. The van der Waals surface area contributed by atoms with E-state index in [0.717, 1.165) is 11.1 Å². The molecule has 0 aliphatic carbocycles. The second-order valence-corrected chi connectivity index (χ2v) is 9.79. The Kier molecular flexibility index (Phi) is 8.08. The van der Waals surface area contributed by atoms with Crippen molar-refractivity contribution in [2.75, 3.05) is 7.11 Å². The van der Waals surface area contributed by atoms with Gasteiger partial charge in [-0.2, -0.15) is 0 Å². The van der Waals surface area contributed by atoms with Crippen LogP contribution in [0, 0.1) is 5.82 Å². The average Bonchev–Trinajstić information content (AvgIpc) is 2.86. The number of benzene rings is 2. The normalized spacial score (nSPS) is 13.3. The second-order valence-electron chi connectivity index (χ2n) is 8.11. The summed E-state index contributed by atoms with van der Waals surface area (Å²) in [5, 5.41) is -1.52. The van der Waals surface area contributed by atoms with E-state index in [4.69, 9.17) is 14.2 Å². The van der Waals surface area contributed by atoms with E-state index in [0.29, 0.717) is 17.0 Å². The molecule has 0 fully saturated rings. The molecule has 3 aromatic rings. The Bertz CT molecular complexity index is 1200. The lowest BCUT2D eigenvalue weighted by Gasteiger charge is -2.21. The van der Waals surface area contributed by atoms with E-state index in [2.05, 4.69) is 6.58 Å². The molecule has 2 aromatic carbocycles. The number of ether oxygens (including phenoxy) is 1. The first-order chi connectivity index (χ1) is 16.3. The van der Waals surface area contributed by atoms with E-state index in [1.54, 1.807) is 19.1 Å². The van der Waals surface area contributed by atoms with Gasteiger partial charge in [-0.1, -0.05) is 57.7 Å². The molecule has 34 heavy (non-hydrogen) atoms. The minimum atomic E-state index is -2.41. The largest absolute Gasteiger partial charge is 0.530 e. The van der Waals surface area contributed by atoms with Crippen LogP contribution in [0.25, 0.3) is 22.5 Å². The third-order valence-electron chi connectivity index (χ3n) is 5.73. The SMILES string of the molecule is C=CC(CC)(C(=O)Oc1c(C(C)C)cc(-c2ccccc2)nc1-c1ccc(F)cc1)[P+](=O)OC. The zero-order valence-electron chi connectivity index (χ0n) is 19.7. The molecule has 0 radical (unpaired) electrons. The van der Waals surface area contributed by atoms with Crippen molar-refractivity contribution in [3.63, 3.8) is 0 Å². The molecule has 2 unspecified atom stereocenters. The molecule has 0 saturated carbocycles. The van der Waals surface area contributed by atoms with Gasteiger partial charge in [-0.3, -0.25) is 0 Å². The molecule has 7 heteroatoms. The third kappa shape index (κ3) is 4.98. The van der Waals surface area contributed by atoms with Crippen LogP contribution in [0.4, 0.5) is 4.39 Å². The lowest BCUT2D eigenvalue weighted by atomic mass is 9.96. The van der Waals surface area contributed by atoms with Crippen molar-refractivity contribution in [2.24, 2.45) is 0 Å².